The summed E-state index contributed by atoms with van der Waals surface area (Å²) >= 11 is 0. The molecule has 5 heteroatoms. The first-order chi connectivity index (χ1) is 8.47. The second-order valence-corrected chi connectivity index (χ2v) is 5.62. The van der Waals surface area contributed by atoms with E-state index in [9.17, 15) is 13.0 Å². The van der Waals surface area contributed by atoms with Crippen molar-refractivity contribution in [2.24, 2.45) is 0 Å². The van der Waals surface area contributed by atoms with Crippen LogP contribution in [0.1, 0.15) is 25.0 Å². The third-order valence-electron chi connectivity index (χ3n) is 3.17. The Hall–Kier alpha value is -0.390. The fraction of sp³-hybridized carbons (Fsp3) is 0.286. The zero-order chi connectivity index (χ0) is 13.3. The van der Waals surface area contributed by atoms with E-state index in [1.165, 1.54) is 6.07 Å². The van der Waals surface area contributed by atoms with Crippen LogP contribution in [0.4, 0.5) is 0 Å². The molecule has 0 radical (unpaired) electrons. The van der Waals surface area contributed by atoms with Gasteiger partial charge in [-0.2, -0.15) is 0 Å². The van der Waals surface area contributed by atoms with E-state index < -0.39 is 10.1 Å². The average Bonchev–Trinajstić information content (AvgIpc) is 2.35. The van der Waals surface area contributed by atoms with Crippen molar-refractivity contribution in [3.8, 4) is 0 Å². The molecule has 0 spiro atoms. The van der Waals surface area contributed by atoms with Gasteiger partial charge in [0.1, 0.15) is 10.1 Å². The van der Waals surface area contributed by atoms with Gasteiger partial charge in [0.25, 0.3) is 0 Å². The van der Waals surface area contributed by atoms with Gasteiger partial charge >= 0.3 is 29.6 Å². The summed E-state index contributed by atoms with van der Waals surface area (Å²) in [6.45, 7) is 3.95. The van der Waals surface area contributed by atoms with Crippen molar-refractivity contribution >= 4 is 20.9 Å². The van der Waals surface area contributed by atoms with Gasteiger partial charge in [0.15, 0.2) is 0 Å². The van der Waals surface area contributed by atoms with Crippen molar-refractivity contribution in [1.82, 2.24) is 0 Å². The van der Waals surface area contributed by atoms with Crippen LogP contribution in [0.5, 0.6) is 0 Å². The van der Waals surface area contributed by atoms with Crippen molar-refractivity contribution in [1.29, 1.82) is 0 Å². The van der Waals surface area contributed by atoms with E-state index in [1.54, 1.807) is 12.1 Å². The first kappa shape index (κ1) is 16.7. The number of hydrogen-bond acceptors (Lipinski definition) is 3. The maximum Gasteiger partial charge on any atom is 1.00 e. The van der Waals surface area contributed by atoms with E-state index in [4.69, 9.17) is 0 Å². The molecule has 0 amide bonds. The zero-order valence-electron chi connectivity index (χ0n) is 11.4. The largest absolute Gasteiger partial charge is 1.00 e. The van der Waals surface area contributed by atoms with Gasteiger partial charge in [-0.1, -0.05) is 38.1 Å². The average molecular weight is 286 g/mol. The third-order valence-corrected chi connectivity index (χ3v) is 4.04. The van der Waals surface area contributed by atoms with Gasteiger partial charge in [0, 0.05) is 0 Å². The first-order valence-corrected chi connectivity index (χ1v) is 7.38. The quantitative estimate of drug-likeness (QED) is 0.583. The predicted molar refractivity (Wildman–Crippen MR) is 70.7 cm³/mol. The molecule has 0 heterocycles. The van der Waals surface area contributed by atoms with Gasteiger partial charge in [0.05, 0.1) is 4.90 Å². The molecule has 3 nitrogen and oxygen atoms in total. The minimum absolute atomic E-state index is 0. The smallest absolute Gasteiger partial charge is 0.744 e. The Morgan fingerprint density at radius 3 is 2.26 bits per heavy atom. The number of hydrogen-bond donors (Lipinski definition) is 0. The van der Waals surface area contributed by atoms with Crippen LogP contribution in [-0.4, -0.2) is 13.0 Å². The molecule has 0 fully saturated rings. The van der Waals surface area contributed by atoms with Crippen LogP contribution < -0.4 is 29.6 Å². The Morgan fingerprint density at radius 2 is 1.74 bits per heavy atom. The molecule has 0 saturated carbocycles. The minimum Gasteiger partial charge on any atom is -0.744 e. The number of rotatable bonds is 3. The Kier molecular flexibility index (Phi) is 5.59. The summed E-state index contributed by atoms with van der Waals surface area (Å²) in [7, 11) is -4.44. The maximum atomic E-state index is 11.4. The summed E-state index contributed by atoms with van der Waals surface area (Å²) in [5.74, 6) is 0. The predicted octanol–water partition coefficient (Wildman–Crippen LogP) is -0.127. The Bertz CT molecular complexity index is 693. The summed E-state index contributed by atoms with van der Waals surface area (Å²) in [5.41, 5.74) is 1.94. The summed E-state index contributed by atoms with van der Waals surface area (Å²) in [5, 5.41) is 1.40. The SMILES string of the molecule is CCc1cc(S(=O)(=O)[O-])c2cccc(CC)c2c1.[Na+]. The van der Waals surface area contributed by atoms with Gasteiger partial charge in [0.2, 0.25) is 0 Å². The van der Waals surface area contributed by atoms with Crippen molar-refractivity contribution in [2.75, 3.05) is 0 Å². The van der Waals surface area contributed by atoms with Gasteiger partial charge in [-0.05, 0) is 40.8 Å². The van der Waals surface area contributed by atoms with E-state index >= 15 is 0 Å². The van der Waals surface area contributed by atoms with Gasteiger partial charge in [-0.25, -0.2) is 8.42 Å². The van der Waals surface area contributed by atoms with Crippen molar-refractivity contribution in [3.63, 3.8) is 0 Å². The molecule has 0 unspecified atom stereocenters. The summed E-state index contributed by atoms with van der Waals surface area (Å²) in [6, 6.07) is 8.91. The molecule has 0 saturated heterocycles. The fourth-order valence-corrected chi connectivity index (χ4v) is 2.93. The van der Waals surface area contributed by atoms with E-state index in [-0.39, 0.29) is 34.5 Å². The molecule has 2 rings (SSSR count). The van der Waals surface area contributed by atoms with Crippen LogP contribution in [-0.2, 0) is 23.0 Å². The molecule has 2 aromatic carbocycles. The molecule has 19 heavy (non-hydrogen) atoms. The molecule has 0 aliphatic heterocycles. The molecule has 0 N–H and O–H groups in total. The molecular formula is C14H15NaO3S. The molecule has 0 aliphatic rings. The van der Waals surface area contributed by atoms with Gasteiger partial charge in [-0.3, -0.25) is 0 Å². The van der Waals surface area contributed by atoms with Crippen LogP contribution >= 0.6 is 0 Å². The molecule has 0 aliphatic carbocycles. The molecule has 0 bridgehead atoms. The normalized spacial score (nSPS) is 11.3. The third kappa shape index (κ3) is 3.38. The van der Waals surface area contributed by atoms with Crippen LogP contribution in [0, 0.1) is 0 Å². The van der Waals surface area contributed by atoms with Crippen molar-refractivity contribution in [2.45, 2.75) is 31.6 Å². The van der Waals surface area contributed by atoms with Crippen LogP contribution in [0.15, 0.2) is 35.2 Å². The summed E-state index contributed by atoms with van der Waals surface area (Å²) in [4.78, 5) is -0.104. The topological polar surface area (TPSA) is 57.2 Å². The standard InChI is InChI=1S/C14H16O3S.Na/c1-3-10-8-13-11(4-2)6-5-7-12(13)14(9-10)18(15,16)17;/h5-9H,3-4H2,1-2H3,(H,15,16,17);/q;+1/p-1. The van der Waals surface area contributed by atoms with Crippen LogP contribution in [0.3, 0.4) is 0 Å². The Morgan fingerprint density at radius 1 is 1.05 bits per heavy atom. The Labute approximate surface area is 136 Å². The summed E-state index contributed by atoms with van der Waals surface area (Å²) < 4.78 is 34.1. The molecule has 96 valence electrons. The van der Waals surface area contributed by atoms with Gasteiger partial charge < -0.3 is 4.55 Å². The molecule has 0 aromatic heterocycles. The maximum absolute atomic E-state index is 11.4. The minimum atomic E-state index is -4.44. The van der Waals surface area contributed by atoms with Crippen molar-refractivity contribution in [3.05, 3.63) is 41.5 Å². The molecular weight excluding hydrogens is 271 g/mol. The van der Waals surface area contributed by atoms with Gasteiger partial charge in [-0.15, -0.1) is 0 Å². The van der Waals surface area contributed by atoms with E-state index in [2.05, 4.69) is 0 Å². The Balaban J connectivity index is 0.00000180. The number of benzene rings is 2. The fourth-order valence-electron chi connectivity index (χ4n) is 2.19. The zero-order valence-corrected chi connectivity index (χ0v) is 14.3. The van der Waals surface area contributed by atoms with Crippen molar-refractivity contribution < 1.29 is 42.5 Å². The number of aryl methyl sites for hydroxylation is 2. The monoisotopic (exact) mass is 286 g/mol. The van der Waals surface area contributed by atoms with Crippen LogP contribution in [0.2, 0.25) is 0 Å². The second kappa shape index (κ2) is 6.37. The molecule has 0 atom stereocenters. The summed E-state index contributed by atoms with van der Waals surface area (Å²) in [6.07, 6.45) is 1.51. The van der Waals surface area contributed by atoms with E-state index in [0.29, 0.717) is 11.8 Å². The van der Waals surface area contributed by atoms with Crippen LogP contribution in [0.25, 0.3) is 10.8 Å². The first-order valence-electron chi connectivity index (χ1n) is 5.97. The van der Waals surface area contributed by atoms with E-state index in [0.717, 1.165) is 22.9 Å². The van der Waals surface area contributed by atoms with E-state index in [1.807, 2.05) is 26.0 Å². The second-order valence-electron chi connectivity index (χ2n) is 4.27. The molecule has 2 aromatic rings. The number of fused-ring (bicyclic) bond motifs is 1.